The second-order valence-electron chi connectivity index (χ2n) is 21.7. The van der Waals surface area contributed by atoms with E-state index >= 15 is 0 Å². The van der Waals surface area contributed by atoms with Crippen LogP contribution in [0.4, 0.5) is 10.5 Å². The van der Waals surface area contributed by atoms with E-state index in [1.54, 1.807) is 12.4 Å². The van der Waals surface area contributed by atoms with Crippen LogP contribution in [-0.4, -0.2) is 124 Å². The molecule has 17 nitrogen and oxygen atoms in total. The van der Waals surface area contributed by atoms with Gasteiger partial charge >= 0.3 is 41.9 Å². The van der Waals surface area contributed by atoms with E-state index in [4.69, 9.17) is 33.2 Å². The van der Waals surface area contributed by atoms with E-state index in [-0.39, 0.29) is 109 Å². The third-order valence-corrected chi connectivity index (χ3v) is 14.5. The summed E-state index contributed by atoms with van der Waals surface area (Å²) in [6, 6.07) is 2.41. The summed E-state index contributed by atoms with van der Waals surface area (Å²) in [6.45, 7) is 8.15. The maximum absolute atomic E-state index is 14.1. The van der Waals surface area contributed by atoms with Gasteiger partial charge in [0.05, 0.1) is 57.9 Å². The number of ether oxygens (including phenoxy) is 7. The number of rotatable bonds is 48. The van der Waals surface area contributed by atoms with Gasteiger partial charge in [0.15, 0.2) is 0 Å². The van der Waals surface area contributed by atoms with Crippen molar-refractivity contribution in [1.82, 2.24) is 9.88 Å². The first-order valence-corrected chi connectivity index (χ1v) is 30.9. The Balaban J connectivity index is 2.18. The summed E-state index contributed by atoms with van der Waals surface area (Å²) in [4.78, 5) is 100. The molecule has 0 aromatic carbocycles. The summed E-state index contributed by atoms with van der Waals surface area (Å²) in [6.07, 6.45) is 29.3. The Hall–Kier alpha value is -4.96. The molecule has 1 aliphatic rings. The first-order valence-electron chi connectivity index (χ1n) is 30.9. The van der Waals surface area contributed by atoms with E-state index < -0.39 is 42.0 Å². The van der Waals surface area contributed by atoms with Crippen molar-refractivity contribution < 1.29 is 66.7 Å². The number of esters is 6. The van der Waals surface area contributed by atoms with Crippen molar-refractivity contribution in [1.29, 1.82) is 0 Å². The second-order valence-corrected chi connectivity index (χ2v) is 21.7. The molecule has 2 heterocycles. The van der Waals surface area contributed by atoms with Gasteiger partial charge in [0.25, 0.3) is 0 Å². The Kier molecular flexibility index (Phi) is 41.5. The molecular weight excluding hydrogens is 1010 g/mol. The fraction of sp³-hybridized carbons (Fsp3) is 0.806. The minimum absolute atomic E-state index is 0.0286. The zero-order chi connectivity index (χ0) is 57.6. The molecule has 0 spiro atoms. The lowest BCUT2D eigenvalue weighted by Crippen LogP contribution is -2.54. The maximum atomic E-state index is 14.1. The van der Waals surface area contributed by atoms with Gasteiger partial charge in [-0.15, -0.1) is 0 Å². The standard InChI is InChI=1S/C62H105N3O14/c1-6-10-14-18-22-26-33-56(66)74-45-51(46-75-57(67)34-27-23-19-15-11-7-2)43-60(70)78-49-54-31-30-32-55(65(54)62(72)73-42-41-64(5)53-37-39-63-40-38-53)50-79-61(71)44-52(47-76-58(68)35-28-24-20-16-12-8-3)48-77-59(69)36-29-25-21-17-13-9-4/h37-40,51-52,54-55H,6-36,41-50H2,1-5H3/t54-,55+. The Morgan fingerprint density at radius 1 is 0.468 bits per heavy atom. The molecule has 79 heavy (non-hydrogen) atoms. The lowest BCUT2D eigenvalue weighted by Gasteiger charge is -2.40. The fourth-order valence-electron chi connectivity index (χ4n) is 9.49. The maximum Gasteiger partial charge on any atom is 0.410 e. The van der Waals surface area contributed by atoms with Gasteiger partial charge in [-0.1, -0.05) is 156 Å². The van der Waals surface area contributed by atoms with Crippen molar-refractivity contribution in [2.45, 2.75) is 252 Å². The van der Waals surface area contributed by atoms with Crippen LogP contribution in [0.3, 0.4) is 0 Å². The number of pyridine rings is 1. The van der Waals surface area contributed by atoms with Crippen LogP contribution in [-0.2, 0) is 61.9 Å². The van der Waals surface area contributed by atoms with Crippen molar-refractivity contribution in [2.24, 2.45) is 11.8 Å². The van der Waals surface area contributed by atoms with Crippen LogP contribution in [0.5, 0.6) is 0 Å². The minimum Gasteiger partial charge on any atom is -0.465 e. The predicted molar refractivity (Wildman–Crippen MR) is 306 cm³/mol. The van der Waals surface area contributed by atoms with Crippen LogP contribution in [0.25, 0.3) is 0 Å². The molecule has 1 amide bonds. The molecule has 0 radical (unpaired) electrons. The quantitative estimate of drug-likeness (QED) is 0.0338. The number of nitrogens with zero attached hydrogens (tertiary/aromatic N) is 3. The number of hydrogen-bond acceptors (Lipinski definition) is 16. The lowest BCUT2D eigenvalue weighted by molar-refractivity contribution is -0.157. The topological polar surface area (TPSA) is 203 Å². The SMILES string of the molecule is CCCCCCCCC(=O)OCC(COC(=O)CCCCCCCC)CC(=O)OC[C@H]1CCC[C@@H](COC(=O)CC(COC(=O)CCCCCCCC)COC(=O)CCCCCCCC)N1C(=O)OCCN(C)c1ccncc1. The molecule has 1 aromatic rings. The van der Waals surface area contributed by atoms with Crippen LogP contribution < -0.4 is 4.90 Å². The highest BCUT2D eigenvalue weighted by Gasteiger charge is 2.37. The highest BCUT2D eigenvalue weighted by molar-refractivity contribution is 5.73. The van der Waals surface area contributed by atoms with Crippen LogP contribution in [0.15, 0.2) is 24.5 Å². The molecule has 1 saturated heterocycles. The third kappa shape index (κ3) is 36.1. The molecule has 1 aliphatic heterocycles. The van der Waals surface area contributed by atoms with E-state index in [0.29, 0.717) is 51.5 Å². The minimum atomic E-state index is -0.662. The first-order chi connectivity index (χ1) is 38.4. The largest absolute Gasteiger partial charge is 0.465 e. The van der Waals surface area contributed by atoms with Gasteiger partial charge in [0.2, 0.25) is 0 Å². The van der Waals surface area contributed by atoms with E-state index in [1.807, 2.05) is 24.1 Å². The molecular formula is C62H105N3O14. The zero-order valence-corrected chi connectivity index (χ0v) is 49.7. The van der Waals surface area contributed by atoms with Crippen molar-refractivity contribution >= 4 is 47.6 Å². The molecule has 17 heteroatoms. The molecule has 0 aliphatic carbocycles. The van der Waals surface area contributed by atoms with Crippen molar-refractivity contribution in [2.75, 3.05) is 64.7 Å². The molecule has 0 bridgehead atoms. The van der Waals surface area contributed by atoms with Crippen LogP contribution >= 0.6 is 0 Å². The number of amides is 1. The summed E-state index contributed by atoms with van der Waals surface area (Å²) < 4.78 is 40.1. The van der Waals surface area contributed by atoms with E-state index in [9.17, 15) is 33.6 Å². The van der Waals surface area contributed by atoms with Gasteiger partial charge in [-0.3, -0.25) is 38.7 Å². The van der Waals surface area contributed by atoms with Crippen LogP contribution in [0.1, 0.15) is 240 Å². The van der Waals surface area contributed by atoms with Crippen molar-refractivity contribution in [3.63, 3.8) is 0 Å². The van der Waals surface area contributed by atoms with Crippen LogP contribution in [0, 0.1) is 11.8 Å². The average molecular weight is 1120 g/mol. The Bertz CT molecular complexity index is 1630. The number of likely N-dealkylation sites (tertiary alicyclic amines) is 1. The molecule has 2 atom stereocenters. The first kappa shape index (κ1) is 70.1. The summed E-state index contributed by atoms with van der Waals surface area (Å²) in [5.74, 6) is -4.02. The molecule has 0 saturated carbocycles. The van der Waals surface area contributed by atoms with E-state index in [0.717, 1.165) is 134 Å². The number of anilines is 1. The second kappa shape index (κ2) is 46.8. The van der Waals surface area contributed by atoms with Gasteiger partial charge in [0, 0.05) is 62.6 Å². The normalized spacial score (nSPS) is 14.2. The van der Waals surface area contributed by atoms with Gasteiger partial charge < -0.3 is 38.1 Å². The van der Waals surface area contributed by atoms with E-state index in [2.05, 4.69) is 32.7 Å². The number of likely N-dealkylation sites (N-methyl/N-ethyl adjacent to an activating group) is 1. The number of aromatic nitrogens is 1. The third-order valence-electron chi connectivity index (χ3n) is 14.5. The monoisotopic (exact) mass is 1120 g/mol. The molecule has 1 aromatic heterocycles. The summed E-state index contributed by atoms with van der Waals surface area (Å²) in [5, 5.41) is 0. The van der Waals surface area contributed by atoms with Crippen LogP contribution in [0.2, 0.25) is 0 Å². The number of hydrogen-bond donors (Lipinski definition) is 0. The van der Waals surface area contributed by atoms with Gasteiger partial charge in [-0.05, 0) is 57.1 Å². The zero-order valence-electron chi connectivity index (χ0n) is 49.7. The number of carbonyl (C=O) groups is 7. The lowest BCUT2D eigenvalue weighted by atomic mass is 9.96. The molecule has 0 unspecified atom stereocenters. The van der Waals surface area contributed by atoms with E-state index in [1.165, 1.54) is 4.90 Å². The van der Waals surface area contributed by atoms with Crippen molar-refractivity contribution in [3.8, 4) is 0 Å². The summed E-state index contributed by atoms with van der Waals surface area (Å²) in [5.41, 5.74) is 0.885. The molecule has 0 N–H and O–H groups in total. The highest BCUT2D eigenvalue weighted by Crippen LogP contribution is 2.26. The van der Waals surface area contributed by atoms with Gasteiger partial charge in [0.1, 0.15) is 19.8 Å². The van der Waals surface area contributed by atoms with Gasteiger partial charge in [-0.2, -0.15) is 0 Å². The Morgan fingerprint density at radius 3 is 1.14 bits per heavy atom. The number of carbonyl (C=O) groups excluding carboxylic acids is 7. The summed E-state index contributed by atoms with van der Waals surface area (Å²) in [7, 11) is 1.87. The Labute approximate surface area is 475 Å². The van der Waals surface area contributed by atoms with Crippen molar-refractivity contribution in [3.05, 3.63) is 24.5 Å². The van der Waals surface area contributed by atoms with Gasteiger partial charge in [-0.25, -0.2) is 4.79 Å². The molecule has 2 rings (SSSR count). The number of piperidine rings is 1. The fourth-order valence-corrected chi connectivity index (χ4v) is 9.49. The highest BCUT2D eigenvalue weighted by atomic mass is 16.6. The Morgan fingerprint density at radius 2 is 0.797 bits per heavy atom. The number of unbranched alkanes of at least 4 members (excludes halogenated alkanes) is 20. The predicted octanol–water partition coefficient (Wildman–Crippen LogP) is 13.2. The average Bonchev–Trinajstić information content (AvgIpc) is 3.44. The summed E-state index contributed by atoms with van der Waals surface area (Å²) >= 11 is 0. The molecule has 452 valence electrons. The molecule has 1 fully saturated rings. The smallest absolute Gasteiger partial charge is 0.410 e.